The lowest BCUT2D eigenvalue weighted by molar-refractivity contribution is 0.668. The van der Waals surface area contributed by atoms with Crippen LogP contribution < -0.4 is 0 Å². The van der Waals surface area contributed by atoms with E-state index in [0.717, 1.165) is 93.6 Å². The third-order valence-electron chi connectivity index (χ3n) is 10.3. The lowest BCUT2D eigenvalue weighted by Crippen LogP contribution is -2.00. The van der Waals surface area contributed by atoms with Crippen LogP contribution in [0.5, 0.6) is 0 Å². The van der Waals surface area contributed by atoms with Crippen molar-refractivity contribution in [2.75, 3.05) is 0 Å². The van der Waals surface area contributed by atoms with Gasteiger partial charge in [-0.3, -0.25) is 0 Å². The summed E-state index contributed by atoms with van der Waals surface area (Å²) < 4.78 is 12.5. The van der Waals surface area contributed by atoms with Gasteiger partial charge in [0.15, 0.2) is 17.5 Å². The zero-order valence-electron chi connectivity index (χ0n) is 28.9. The highest BCUT2D eigenvalue weighted by Gasteiger charge is 2.18. The Balaban J connectivity index is 1.09. The van der Waals surface area contributed by atoms with Crippen molar-refractivity contribution in [2.45, 2.75) is 0 Å². The third kappa shape index (κ3) is 4.98. The zero-order chi connectivity index (χ0) is 35.6. The van der Waals surface area contributed by atoms with Crippen molar-refractivity contribution in [1.29, 1.82) is 0 Å². The summed E-state index contributed by atoms with van der Waals surface area (Å²) in [6.07, 6.45) is 0. The van der Waals surface area contributed by atoms with Crippen LogP contribution in [-0.4, -0.2) is 15.0 Å². The monoisotopic (exact) mass is 691 g/mol. The second-order valence-electron chi connectivity index (χ2n) is 13.6. The fraction of sp³-hybridized carbons (Fsp3) is 0. The van der Waals surface area contributed by atoms with Gasteiger partial charge in [-0.1, -0.05) is 133 Å². The summed E-state index contributed by atoms with van der Waals surface area (Å²) in [5.74, 6) is 1.81. The fourth-order valence-electron chi connectivity index (χ4n) is 7.77. The van der Waals surface area contributed by atoms with E-state index in [9.17, 15) is 0 Å². The van der Waals surface area contributed by atoms with E-state index < -0.39 is 0 Å². The van der Waals surface area contributed by atoms with E-state index in [0.29, 0.717) is 17.5 Å². The van der Waals surface area contributed by atoms with Gasteiger partial charge in [-0.15, -0.1) is 0 Å². The Hall–Kier alpha value is -7.37. The molecular weight excluding hydrogens is 663 g/mol. The maximum atomic E-state index is 6.23. The standard InChI is InChI=1S/C49H29N3O2/c1-2-12-31-27-36(26-25-30(31)11-1)49-51-47(34-15-7-13-32(28-34)37-19-9-23-43-45(37)39-17-3-5-21-41(39)53-43)50-48(52-49)35-16-8-14-33(29-35)38-20-10-24-44-46(38)40-18-4-6-22-42(40)54-44/h1-29H. The van der Waals surface area contributed by atoms with Gasteiger partial charge < -0.3 is 8.83 Å². The predicted octanol–water partition coefficient (Wildman–Crippen LogP) is 13.2. The fourth-order valence-corrected chi connectivity index (χ4v) is 7.77. The minimum atomic E-state index is 0.600. The van der Waals surface area contributed by atoms with Crippen molar-refractivity contribution in [2.24, 2.45) is 0 Å². The third-order valence-corrected chi connectivity index (χ3v) is 10.3. The number of benzene rings is 8. The van der Waals surface area contributed by atoms with Gasteiger partial charge in [-0.2, -0.15) is 0 Å². The minimum absolute atomic E-state index is 0.600. The molecule has 0 fully saturated rings. The van der Waals surface area contributed by atoms with E-state index in [4.69, 9.17) is 23.8 Å². The number of nitrogens with zero attached hydrogens (tertiary/aromatic N) is 3. The molecule has 0 saturated carbocycles. The number of hydrogen-bond donors (Lipinski definition) is 0. The highest BCUT2D eigenvalue weighted by atomic mass is 16.3. The molecule has 0 saturated heterocycles. The predicted molar refractivity (Wildman–Crippen MR) is 219 cm³/mol. The van der Waals surface area contributed by atoms with Crippen LogP contribution in [0.4, 0.5) is 0 Å². The van der Waals surface area contributed by atoms with Crippen LogP contribution in [0, 0.1) is 0 Å². The lowest BCUT2D eigenvalue weighted by Gasteiger charge is -2.11. The normalized spacial score (nSPS) is 11.7. The second kappa shape index (κ2) is 12.1. The van der Waals surface area contributed by atoms with Crippen molar-refractivity contribution in [3.63, 3.8) is 0 Å². The van der Waals surface area contributed by atoms with Crippen molar-refractivity contribution in [3.8, 4) is 56.4 Å². The molecule has 0 spiro atoms. The maximum Gasteiger partial charge on any atom is 0.164 e. The van der Waals surface area contributed by atoms with E-state index in [1.54, 1.807) is 0 Å². The summed E-state index contributed by atoms with van der Waals surface area (Å²) in [5.41, 5.74) is 10.5. The summed E-state index contributed by atoms with van der Waals surface area (Å²) in [6, 6.07) is 60.5. The highest BCUT2D eigenvalue weighted by Crippen LogP contribution is 2.39. The molecule has 8 aromatic carbocycles. The van der Waals surface area contributed by atoms with Gasteiger partial charge in [0, 0.05) is 38.2 Å². The smallest absolute Gasteiger partial charge is 0.164 e. The minimum Gasteiger partial charge on any atom is -0.456 e. The lowest BCUT2D eigenvalue weighted by atomic mass is 9.97. The number of rotatable bonds is 5. The summed E-state index contributed by atoms with van der Waals surface area (Å²) in [7, 11) is 0. The average Bonchev–Trinajstić information content (AvgIpc) is 3.82. The molecule has 252 valence electrons. The Morgan fingerprint density at radius 1 is 0.296 bits per heavy atom. The van der Waals surface area contributed by atoms with E-state index in [2.05, 4.69) is 127 Å². The molecular formula is C49H29N3O2. The Bertz CT molecular complexity index is 3070. The quantitative estimate of drug-likeness (QED) is 0.180. The molecule has 3 aromatic heterocycles. The number of furan rings is 2. The largest absolute Gasteiger partial charge is 0.456 e. The molecule has 3 heterocycles. The molecule has 0 bridgehead atoms. The first-order valence-corrected chi connectivity index (χ1v) is 18.0. The number of para-hydroxylation sites is 2. The molecule has 0 amide bonds. The van der Waals surface area contributed by atoms with Crippen LogP contribution in [-0.2, 0) is 0 Å². The average molecular weight is 692 g/mol. The van der Waals surface area contributed by atoms with Gasteiger partial charge in [-0.25, -0.2) is 15.0 Å². The number of hydrogen-bond acceptors (Lipinski definition) is 5. The van der Waals surface area contributed by atoms with Crippen molar-refractivity contribution in [3.05, 3.63) is 176 Å². The van der Waals surface area contributed by atoms with Gasteiger partial charge >= 0.3 is 0 Å². The van der Waals surface area contributed by atoms with E-state index >= 15 is 0 Å². The van der Waals surface area contributed by atoms with Gasteiger partial charge in [-0.05, 0) is 75.5 Å². The highest BCUT2D eigenvalue weighted by molar-refractivity contribution is 6.13. The van der Waals surface area contributed by atoms with Crippen molar-refractivity contribution >= 4 is 54.6 Å². The number of fused-ring (bicyclic) bond motifs is 7. The molecule has 5 nitrogen and oxygen atoms in total. The molecule has 0 radical (unpaired) electrons. The second-order valence-corrected chi connectivity index (χ2v) is 13.6. The summed E-state index contributed by atoms with van der Waals surface area (Å²) in [6.45, 7) is 0. The van der Waals surface area contributed by atoms with Gasteiger partial charge in [0.05, 0.1) is 0 Å². The van der Waals surface area contributed by atoms with Crippen molar-refractivity contribution < 1.29 is 8.83 Å². The molecule has 0 aliphatic heterocycles. The molecule has 11 aromatic rings. The Labute approximate surface area is 309 Å². The molecule has 0 aliphatic rings. The first kappa shape index (κ1) is 30.3. The summed E-state index contributed by atoms with van der Waals surface area (Å²) in [5, 5.41) is 6.66. The molecule has 0 N–H and O–H groups in total. The van der Waals surface area contributed by atoms with Gasteiger partial charge in [0.1, 0.15) is 22.3 Å². The summed E-state index contributed by atoms with van der Waals surface area (Å²) in [4.78, 5) is 15.5. The zero-order valence-corrected chi connectivity index (χ0v) is 28.9. The van der Waals surface area contributed by atoms with Crippen molar-refractivity contribution in [1.82, 2.24) is 15.0 Å². The first-order valence-electron chi connectivity index (χ1n) is 18.0. The molecule has 0 aliphatic carbocycles. The van der Waals surface area contributed by atoms with E-state index in [-0.39, 0.29) is 0 Å². The van der Waals surface area contributed by atoms with Crippen LogP contribution in [0.15, 0.2) is 185 Å². The molecule has 54 heavy (non-hydrogen) atoms. The van der Waals surface area contributed by atoms with Crippen LogP contribution in [0.2, 0.25) is 0 Å². The van der Waals surface area contributed by atoms with Crippen LogP contribution in [0.1, 0.15) is 0 Å². The number of aromatic nitrogens is 3. The Morgan fingerprint density at radius 2 is 0.722 bits per heavy atom. The van der Waals surface area contributed by atoms with Gasteiger partial charge in [0.25, 0.3) is 0 Å². The Morgan fingerprint density at radius 3 is 1.28 bits per heavy atom. The molecule has 0 unspecified atom stereocenters. The topological polar surface area (TPSA) is 65.0 Å². The molecule has 0 atom stereocenters. The van der Waals surface area contributed by atoms with E-state index in [1.807, 2.05) is 48.5 Å². The SMILES string of the molecule is c1cc(-c2nc(-c3cccc(-c4cccc5oc6ccccc6c45)c3)nc(-c3ccc4ccccc4c3)n2)cc(-c2cccc3oc4ccccc4c23)c1. The first-order chi connectivity index (χ1) is 26.7. The van der Waals surface area contributed by atoms with Crippen LogP contribution >= 0.6 is 0 Å². The maximum absolute atomic E-state index is 6.23. The van der Waals surface area contributed by atoms with E-state index in [1.165, 1.54) is 0 Å². The van der Waals surface area contributed by atoms with Gasteiger partial charge in [0.2, 0.25) is 0 Å². The Kier molecular flexibility index (Phi) is 6.79. The van der Waals surface area contributed by atoms with Crippen LogP contribution in [0.3, 0.4) is 0 Å². The van der Waals surface area contributed by atoms with Crippen LogP contribution in [0.25, 0.3) is 111 Å². The molecule has 11 rings (SSSR count). The summed E-state index contributed by atoms with van der Waals surface area (Å²) >= 11 is 0. The molecule has 5 heteroatoms.